The zero-order chi connectivity index (χ0) is 75.5. The lowest BCUT2D eigenvalue weighted by atomic mass is 9.79. The van der Waals surface area contributed by atoms with Crippen molar-refractivity contribution in [1.29, 1.82) is 0 Å². The third-order valence-corrected chi connectivity index (χ3v) is 17.1. The fraction of sp³-hybridized carbons (Fsp3) is 0.400. The molecule has 102 heavy (non-hydrogen) atoms. The number of halogens is 5. The second-order valence-corrected chi connectivity index (χ2v) is 27.3. The highest BCUT2D eigenvalue weighted by molar-refractivity contribution is 6.59. The van der Waals surface area contributed by atoms with E-state index < -0.39 is 134 Å². The van der Waals surface area contributed by atoms with Crippen LogP contribution in [-0.4, -0.2) is 167 Å². The Hall–Kier alpha value is -9.95. The van der Waals surface area contributed by atoms with Crippen molar-refractivity contribution in [2.45, 2.75) is 130 Å². The van der Waals surface area contributed by atoms with E-state index in [0.717, 1.165) is 33.4 Å². The molecule has 6 heterocycles. The van der Waals surface area contributed by atoms with Gasteiger partial charge in [0.05, 0.1) is 82.5 Å². The van der Waals surface area contributed by atoms with E-state index in [2.05, 4.69) is 9.97 Å². The van der Waals surface area contributed by atoms with Crippen LogP contribution in [0.2, 0.25) is 5.15 Å². The van der Waals surface area contributed by atoms with Crippen LogP contribution in [0.3, 0.4) is 0 Å². The summed E-state index contributed by atoms with van der Waals surface area (Å²) in [6, 6.07) is 20.6. The molecule has 2 aliphatic heterocycles. The summed E-state index contributed by atoms with van der Waals surface area (Å²) in [5.41, 5.74) is -5.07. The number of aliphatic hydroxyl groups excluding tert-OH is 2. The Kier molecular flexibility index (Phi) is 24.0. The molecule has 0 aliphatic carbocycles. The van der Waals surface area contributed by atoms with E-state index >= 15 is 8.78 Å². The summed E-state index contributed by atoms with van der Waals surface area (Å²) < 4.78 is 82.8. The molecule has 10 rings (SSSR count). The number of nitro groups is 2. The van der Waals surface area contributed by atoms with Gasteiger partial charge in [0.25, 0.3) is 0 Å². The van der Waals surface area contributed by atoms with Gasteiger partial charge in [-0.2, -0.15) is 0 Å². The molecule has 2 aliphatic rings. The number of methoxy groups -OCH3 is 2. The van der Waals surface area contributed by atoms with E-state index in [1.165, 1.54) is 58.1 Å². The quantitative estimate of drug-likeness (QED) is 0.0258. The number of pyridine rings is 4. The van der Waals surface area contributed by atoms with Crippen molar-refractivity contribution in [2.24, 2.45) is 0 Å². The average molecular weight is 1440 g/mol. The van der Waals surface area contributed by atoms with Crippen LogP contribution in [0.1, 0.15) is 106 Å². The first-order chi connectivity index (χ1) is 47.9. The highest BCUT2D eigenvalue weighted by Crippen LogP contribution is 2.43. The number of hydrogen-bond acceptors (Lipinski definition) is 20. The molecule has 2 amide bonds. The van der Waals surface area contributed by atoms with E-state index in [1.807, 2.05) is 27.7 Å². The second kappa shape index (κ2) is 31.5. The summed E-state index contributed by atoms with van der Waals surface area (Å²) in [6.45, 7) is 19.9. The Morgan fingerprint density at radius 1 is 0.608 bits per heavy atom. The maximum Gasteiger partial charge on any atom is 0.495 e. The number of aliphatic hydroxyl groups is 2. The van der Waals surface area contributed by atoms with Gasteiger partial charge in [-0.15, -0.1) is 0 Å². The summed E-state index contributed by atoms with van der Waals surface area (Å²) in [5.74, 6) is -3.59. The van der Waals surface area contributed by atoms with Crippen molar-refractivity contribution in [2.75, 3.05) is 63.4 Å². The molecule has 4 atom stereocenters. The minimum atomic E-state index is -1.85. The number of hydrogen-bond donors (Lipinski definition) is 4. The number of nitrogens with zero attached hydrogens (tertiary/aromatic N) is 10. The van der Waals surface area contributed by atoms with Gasteiger partial charge in [-0.3, -0.25) is 39.0 Å². The van der Waals surface area contributed by atoms with Crippen LogP contribution in [0.15, 0.2) is 107 Å². The molecule has 0 saturated carbocycles. The Labute approximate surface area is 589 Å². The first-order valence-electron chi connectivity index (χ1n) is 32.4. The van der Waals surface area contributed by atoms with Crippen molar-refractivity contribution in [3.63, 3.8) is 0 Å². The number of anilines is 2. The van der Waals surface area contributed by atoms with Crippen LogP contribution in [0.25, 0.3) is 44.7 Å². The van der Waals surface area contributed by atoms with E-state index in [0.29, 0.717) is 16.8 Å². The molecular weight excluding hydrogens is 1360 g/mol. The number of rotatable bonds is 14. The van der Waals surface area contributed by atoms with Crippen LogP contribution < -0.4 is 35.9 Å². The van der Waals surface area contributed by atoms with E-state index in [9.17, 15) is 58.4 Å². The SMILES string of the molecule is CC(C)c1ccccc1-n1c(=O)c([N+](=O)[O-])c(N2C[C@@H](C)N(C(=O)OC(C)(C)C)C[C@@H]2CO)c2cc(F)c(Cl)nc21.COc1cccc(F)c1-c1nc2c(cc1F)c(N1C[C@@H](C)N(C(=O)OC(C)(C)C)C[C@@H]1CO)c([N+](=O)[O-])c(=O)n2-c1ccccc1C(C)C.COc1cccc(F)c1B(O)O. The molecule has 2 saturated heterocycles. The van der Waals surface area contributed by atoms with Gasteiger partial charge in [-0.1, -0.05) is 87.8 Å². The Morgan fingerprint density at radius 3 is 1.39 bits per heavy atom. The number of ether oxygens (including phenoxy) is 4. The van der Waals surface area contributed by atoms with Crippen molar-refractivity contribution in [3.8, 4) is 34.1 Å². The molecular formula is C70H80BClF4N10O16. The van der Waals surface area contributed by atoms with Crippen molar-refractivity contribution < 1.29 is 76.2 Å². The number of carbonyl (C=O) groups is 2. The topological polar surface area (TPSA) is 321 Å². The smallest absolute Gasteiger partial charge is 0.495 e. The molecule has 8 aromatic rings. The Balaban J connectivity index is 0.000000225. The van der Waals surface area contributed by atoms with Gasteiger partial charge in [0, 0.05) is 38.3 Å². The highest BCUT2D eigenvalue weighted by atomic mass is 35.5. The van der Waals surface area contributed by atoms with Gasteiger partial charge in [0.2, 0.25) is 0 Å². The normalized spacial score (nSPS) is 16.3. The molecule has 0 radical (unpaired) electrons. The fourth-order valence-corrected chi connectivity index (χ4v) is 12.5. The van der Waals surface area contributed by atoms with E-state index in [1.54, 1.807) is 104 Å². The summed E-state index contributed by atoms with van der Waals surface area (Å²) in [7, 11) is 0.780. The standard InChI is InChI=1S/C35H39F2N5O7.C28H33ClFN5O6.C7H8BFO3/c1-19(2)22-11-8-9-13-26(22)41-32-23(15-25(37)29(38-32)28-24(36)12-10-14-27(28)48-7)30(31(33(41)44)42(46)47)40-16-20(3)39(17-21(40)18-43)34(45)49-35(4,5)6;1-15(2)18-9-7-8-10-21(18)34-25-19(11-20(30)24(29)31-25)22(23(26(34)37)35(39)40)33-12-16(3)32(13-17(33)14-36)27(38)41-28(4,5)6;1-12-6-4-2-3-5(9)7(6)8(10)11/h8-15,19-21,43H,16-18H2,1-7H3;7-11,15-17,36H,12-14H2,1-6H3;2-4,10-11H,1H3/t20-,21-;16-,17-;/m11./s1. The van der Waals surface area contributed by atoms with E-state index in [4.69, 9.17) is 40.6 Å². The first kappa shape index (κ1) is 77.8. The predicted molar refractivity (Wildman–Crippen MR) is 377 cm³/mol. The molecule has 0 bridgehead atoms. The number of benzene rings is 4. The lowest BCUT2D eigenvalue weighted by Gasteiger charge is -2.45. The van der Waals surface area contributed by atoms with Crippen LogP contribution >= 0.6 is 11.6 Å². The summed E-state index contributed by atoms with van der Waals surface area (Å²) in [6.07, 6.45) is -1.25. The van der Waals surface area contributed by atoms with Crippen LogP contribution in [0, 0.1) is 43.5 Å². The van der Waals surface area contributed by atoms with Crippen molar-refractivity contribution in [3.05, 3.63) is 178 Å². The summed E-state index contributed by atoms with van der Waals surface area (Å²) in [5, 5.41) is 63.2. The monoisotopic (exact) mass is 1440 g/mol. The number of piperazine rings is 2. The minimum absolute atomic E-state index is 0.0169. The Bertz CT molecular complexity index is 4630. The average Bonchev–Trinajstić information content (AvgIpc) is 0.728. The molecule has 4 N–H and O–H groups in total. The van der Waals surface area contributed by atoms with Gasteiger partial charge >= 0.3 is 41.8 Å². The maximum atomic E-state index is 16.3. The zero-order valence-electron chi connectivity index (χ0n) is 58.6. The maximum absolute atomic E-state index is 16.3. The highest BCUT2D eigenvalue weighted by Gasteiger charge is 2.44. The Morgan fingerprint density at radius 2 is 1.01 bits per heavy atom. The number of amides is 2. The van der Waals surface area contributed by atoms with E-state index in [-0.39, 0.29) is 99.7 Å². The third-order valence-electron chi connectivity index (χ3n) is 16.9. The number of carbonyl (C=O) groups excluding carboxylic acids is 2. The lowest BCUT2D eigenvalue weighted by Crippen LogP contribution is -2.61. The van der Waals surface area contributed by atoms with Gasteiger partial charge in [0.1, 0.15) is 51.4 Å². The lowest BCUT2D eigenvalue weighted by molar-refractivity contribution is -0.385. The second-order valence-electron chi connectivity index (χ2n) is 26.9. The van der Waals surface area contributed by atoms with Gasteiger partial charge < -0.3 is 58.8 Å². The number of aromatic nitrogens is 4. The molecule has 32 heteroatoms. The van der Waals surface area contributed by atoms with Crippen LogP contribution in [0.5, 0.6) is 11.5 Å². The molecule has 26 nitrogen and oxygen atoms in total. The molecule has 0 spiro atoms. The molecule has 4 aromatic carbocycles. The molecule has 544 valence electrons. The van der Waals surface area contributed by atoms with Crippen LogP contribution in [0.4, 0.5) is 49.9 Å². The number of fused-ring (bicyclic) bond motifs is 2. The zero-order valence-corrected chi connectivity index (χ0v) is 59.3. The fourth-order valence-electron chi connectivity index (χ4n) is 12.3. The molecule has 2 fully saturated rings. The largest absolute Gasteiger partial charge is 0.497 e. The summed E-state index contributed by atoms with van der Waals surface area (Å²) >= 11 is 6.08. The van der Waals surface area contributed by atoms with Crippen molar-refractivity contribution >= 4 is 81.2 Å². The number of para-hydroxylation sites is 2. The summed E-state index contributed by atoms with van der Waals surface area (Å²) in [4.78, 5) is 92.8. The van der Waals surface area contributed by atoms with Gasteiger partial charge in [-0.25, -0.2) is 37.1 Å². The third kappa shape index (κ3) is 16.2. The van der Waals surface area contributed by atoms with Crippen LogP contribution in [-0.2, 0) is 9.47 Å². The molecule has 4 aromatic heterocycles. The minimum Gasteiger partial charge on any atom is -0.497 e. The first-order valence-corrected chi connectivity index (χ1v) is 32.8. The van der Waals surface area contributed by atoms with Gasteiger partial charge in [-0.05, 0) is 127 Å². The molecule has 0 unspecified atom stereocenters. The predicted octanol–water partition coefficient (Wildman–Crippen LogP) is 10.7. The van der Waals surface area contributed by atoms with Gasteiger partial charge in [0.15, 0.2) is 28.1 Å². The van der Waals surface area contributed by atoms with Crippen molar-refractivity contribution in [1.82, 2.24) is 28.9 Å².